The molecular weight excluding hydrogens is 352 g/mol. The summed E-state index contributed by atoms with van der Waals surface area (Å²) in [6, 6.07) is 14.7. The number of hydrogen-bond donors (Lipinski definition) is 1. The van der Waals surface area contributed by atoms with E-state index in [1.165, 1.54) is 0 Å². The van der Waals surface area contributed by atoms with Crippen molar-refractivity contribution in [3.8, 4) is 17.2 Å². The first kappa shape index (κ1) is 14.2. The Kier molecular flexibility index (Phi) is 4.26. The molecule has 2 aromatic carbocycles. The average molecular weight is 363 g/mol. The molecule has 1 aromatic heterocycles. The Labute approximate surface area is 134 Å². The maximum absolute atomic E-state index is 9.27. The monoisotopic (exact) mass is 362 g/mol. The molecule has 3 aromatic rings. The van der Waals surface area contributed by atoms with E-state index in [-0.39, 0.29) is 5.75 Å². The van der Waals surface area contributed by atoms with Gasteiger partial charge >= 0.3 is 0 Å². The molecule has 0 aliphatic heterocycles. The van der Waals surface area contributed by atoms with Gasteiger partial charge in [0.1, 0.15) is 5.75 Å². The Morgan fingerprint density at radius 2 is 1.86 bits per heavy atom. The van der Waals surface area contributed by atoms with Gasteiger partial charge in [0.2, 0.25) is 0 Å². The Morgan fingerprint density at radius 3 is 2.62 bits per heavy atom. The molecule has 1 N–H and O–H groups in total. The first-order chi connectivity index (χ1) is 10.2. The fourth-order valence-electron chi connectivity index (χ4n) is 1.74. The summed E-state index contributed by atoms with van der Waals surface area (Å²) in [5, 5.41) is 13.2. The van der Waals surface area contributed by atoms with Crippen LogP contribution in [0.25, 0.3) is 11.5 Å². The maximum Gasteiger partial charge on any atom is 0.257 e. The van der Waals surface area contributed by atoms with Gasteiger partial charge in [-0.15, -0.1) is 11.8 Å². The van der Waals surface area contributed by atoms with Gasteiger partial charge in [0.15, 0.2) is 5.82 Å². The lowest BCUT2D eigenvalue weighted by Crippen LogP contribution is -1.84. The highest BCUT2D eigenvalue weighted by atomic mass is 79.9. The van der Waals surface area contributed by atoms with E-state index in [1.807, 2.05) is 24.3 Å². The molecule has 0 fully saturated rings. The summed E-state index contributed by atoms with van der Waals surface area (Å²) in [6.07, 6.45) is 0. The second kappa shape index (κ2) is 6.32. The minimum Gasteiger partial charge on any atom is -0.508 e. The SMILES string of the molecule is Oc1ccc(-c2nc(CSc3ccccc3Br)no2)cc1. The molecule has 0 aliphatic carbocycles. The van der Waals surface area contributed by atoms with Crippen LogP contribution in [0.1, 0.15) is 5.82 Å². The molecule has 1 heterocycles. The fraction of sp³-hybridized carbons (Fsp3) is 0.0667. The highest BCUT2D eigenvalue weighted by Crippen LogP contribution is 2.29. The van der Waals surface area contributed by atoms with Crippen LogP contribution in [0.3, 0.4) is 0 Å². The van der Waals surface area contributed by atoms with Crippen LogP contribution in [0.5, 0.6) is 5.75 Å². The van der Waals surface area contributed by atoms with E-state index >= 15 is 0 Å². The largest absolute Gasteiger partial charge is 0.508 e. The number of hydrogen-bond acceptors (Lipinski definition) is 5. The van der Waals surface area contributed by atoms with Crippen molar-refractivity contribution in [3.63, 3.8) is 0 Å². The highest BCUT2D eigenvalue weighted by molar-refractivity contribution is 9.10. The summed E-state index contributed by atoms with van der Waals surface area (Å²) < 4.78 is 6.29. The molecule has 0 amide bonds. The zero-order chi connectivity index (χ0) is 14.7. The fourth-order valence-corrected chi connectivity index (χ4v) is 3.15. The van der Waals surface area contributed by atoms with E-state index in [9.17, 15) is 5.11 Å². The summed E-state index contributed by atoms with van der Waals surface area (Å²) in [5.41, 5.74) is 0.789. The first-order valence-corrected chi connectivity index (χ1v) is 7.99. The smallest absolute Gasteiger partial charge is 0.257 e. The topological polar surface area (TPSA) is 59.2 Å². The van der Waals surface area contributed by atoms with Gasteiger partial charge in [0.05, 0.1) is 5.75 Å². The second-order valence-corrected chi connectivity index (χ2v) is 6.15. The third-order valence-corrected chi connectivity index (χ3v) is 4.80. The number of benzene rings is 2. The number of rotatable bonds is 4. The number of aromatic hydroxyl groups is 1. The molecule has 0 bridgehead atoms. The van der Waals surface area contributed by atoms with Gasteiger partial charge in [-0.3, -0.25) is 0 Å². The standard InChI is InChI=1S/C15H11BrN2O2S/c16-12-3-1-2-4-13(12)21-9-14-17-15(20-18-14)10-5-7-11(19)8-6-10/h1-8,19H,9H2. The summed E-state index contributed by atoms with van der Waals surface area (Å²) >= 11 is 5.15. The Hall–Kier alpha value is -1.79. The van der Waals surface area contributed by atoms with Crippen LogP contribution in [-0.4, -0.2) is 15.2 Å². The second-order valence-electron chi connectivity index (χ2n) is 4.28. The van der Waals surface area contributed by atoms with Crippen LogP contribution in [0.15, 0.2) is 62.4 Å². The van der Waals surface area contributed by atoms with Crippen molar-refractivity contribution < 1.29 is 9.63 Å². The molecule has 3 rings (SSSR count). The van der Waals surface area contributed by atoms with Crippen molar-refractivity contribution in [1.82, 2.24) is 10.1 Å². The molecule has 6 heteroatoms. The number of phenols is 1. The van der Waals surface area contributed by atoms with Gasteiger partial charge in [-0.1, -0.05) is 17.3 Å². The molecular formula is C15H11BrN2O2S. The zero-order valence-electron chi connectivity index (χ0n) is 10.9. The quantitative estimate of drug-likeness (QED) is 0.692. The molecule has 21 heavy (non-hydrogen) atoms. The number of halogens is 1. The predicted molar refractivity (Wildman–Crippen MR) is 85.1 cm³/mol. The van der Waals surface area contributed by atoms with Crippen molar-refractivity contribution in [3.05, 3.63) is 58.8 Å². The van der Waals surface area contributed by atoms with Crippen LogP contribution in [0, 0.1) is 0 Å². The summed E-state index contributed by atoms with van der Waals surface area (Å²) in [5.74, 6) is 1.93. The van der Waals surface area contributed by atoms with Gasteiger partial charge in [-0.05, 0) is 52.3 Å². The summed E-state index contributed by atoms with van der Waals surface area (Å²) in [6.45, 7) is 0. The van der Waals surface area contributed by atoms with E-state index in [2.05, 4.69) is 26.1 Å². The molecule has 0 atom stereocenters. The van der Waals surface area contributed by atoms with Crippen LogP contribution in [0.4, 0.5) is 0 Å². The zero-order valence-corrected chi connectivity index (χ0v) is 13.3. The molecule has 106 valence electrons. The number of nitrogens with zero attached hydrogens (tertiary/aromatic N) is 2. The van der Waals surface area contributed by atoms with Crippen molar-refractivity contribution in [1.29, 1.82) is 0 Å². The van der Waals surface area contributed by atoms with Crippen LogP contribution in [-0.2, 0) is 5.75 Å². The molecule has 0 unspecified atom stereocenters. The highest BCUT2D eigenvalue weighted by Gasteiger charge is 2.10. The summed E-state index contributed by atoms with van der Waals surface area (Å²) in [4.78, 5) is 5.49. The van der Waals surface area contributed by atoms with E-state index < -0.39 is 0 Å². The van der Waals surface area contributed by atoms with Crippen LogP contribution in [0.2, 0.25) is 0 Å². The molecule has 0 spiro atoms. The minimum atomic E-state index is 0.211. The Bertz CT molecular complexity index is 743. The third kappa shape index (κ3) is 3.46. The predicted octanol–water partition coefficient (Wildman–Crippen LogP) is 4.50. The average Bonchev–Trinajstić information content (AvgIpc) is 2.96. The van der Waals surface area contributed by atoms with Gasteiger partial charge in [-0.25, -0.2) is 0 Å². The maximum atomic E-state index is 9.27. The Balaban J connectivity index is 1.71. The van der Waals surface area contributed by atoms with E-state index in [4.69, 9.17) is 4.52 Å². The minimum absolute atomic E-state index is 0.211. The van der Waals surface area contributed by atoms with E-state index in [0.29, 0.717) is 17.5 Å². The lowest BCUT2D eigenvalue weighted by Gasteiger charge is -2.00. The molecule has 0 radical (unpaired) electrons. The molecule has 4 nitrogen and oxygen atoms in total. The van der Waals surface area contributed by atoms with Gasteiger partial charge < -0.3 is 9.63 Å². The van der Waals surface area contributed by atoms with Gasteiger partial charge in [-0.2, -0.15) is 4.98 Å². The number of phenolic OH excluding ortho intramolecular Hbond substituents is 1. The molecule has 0 saturated heterocycles. The van der Waals surface area contributed by atoms with Crippen LogP contribution >= 0.6 is 27.7 Å². The molecule has 0 saturated carbocycles. The van der Waals surface area contributed by atoms with Crippen molar-refractivity contribution in [2.24, 2.45) is 0 Å². The number of thioether (sulfide) groups is 1. The normalized spacial score (nSPS) is 10.7. The molecule has 0 aliphatic rings. The van der Waals surface area contributed by atoms with Crippen molar-refractivity contribution in [2.45, 2.75) is 10.6 Å². The van der Waals surface area contributed by atoms with E-state index in [1.54, 1.807) is 36.0 Å². The van der Waals surface area contributed by atoms with Crippen molar-refractivity contribution in [2.75, 3.05) is 0 Å². The lowest BCUT2D eigenvalue weighted by molar-refractivity contribution is 0.425. The Morgan fingerprint density at radius 1 is 1.10 bits per heavy atom. The van der Waals surface area contributed by atoms with Crippen LogP contribution < -0.4 is 0 Å². The van der Waals surface area contributed by atoms with Gasteiger partial charge in [0.25, 0.3) is 5.89 Å². The van der Waals surface area contributed by atoms with Crippen molar-refractivity contribution >= 4 is 27.7 Å². The lowest BCUT2D eigenvalue weighted by atomic mass is 10.2. The van der Waals surface area contributed by atoms with E-state index in [0.717, 1.165) is 14.9 Å². The first-order valence-electron chi connectivity index (χ1n) is 6.22. The summed E-state index contributed by atoms with van der Waals surface area (Å²) in [7, 11) is 0. The number of aromatic nitrogens is 2. The third-order valence-electron chi connectivity index (χ3n) is 2.78. The van der Waals surface area contributed by atoms with Gasteiger partial charge in [0, 0.05) is 14.9 Å².